The van der Waals surface area contributed by atoms with Gasteiger partial charge in [-0.1, -0.05) is 48.6 Å². The maximum absolute atomic E-state index is 10.8. The van der Waals surface area contributed by atoms with Gasteiger partial charge in [0.15, 0.2) is 0 Å². The van der Waals surface area contributed by atoms with E-state index in [4.69, 9.17) is 5.11 Å². The molecule has 0 aromatic heterocycles. The molecule has 0 aliphatic carbocycles. The molecule has 0 bridgehead atoms. The molecule has 0 aliphatic rings. The zero-order valence-electron chi connectivity index (χ0n) is 10.4. The Morgan fingerprint density at radius 1 is 1.11 bits per heavy atom. The van der Waals surface area contributed by atoms with Crippen molar-refractivity contribution in [3.05, 3.63) is 71.8 Å². The van der Waals surface area contributed by atoms with Crippen molar-refractivity contribution >= 4 is 17.7 Å². The second-order valence-corrected chi connectivity index (χ2v) is 4.08. The third-order valence-electron chi connectivity index (χ3n) is 2.64. The number of carbonyl (C=O) groups is 1. The number of carboxylic acid groups (broad SMARTS) is 1. The molecule has 0 spiro atoms. The third-order valence-corrected chi connectivity index (χ3v) is 2.64. The number of benzene rings is 2. The van der Waals surface area contributed by atoms with Crippen molar-refractivity contribution in [2.45, 2.75) is 0 Å². The molecule has 0 heterocycles. The molecule has 3 nitrogen and oxygen atoms in total. The van der Waals surface area contributed by atoms with Crippen molar-refractivity contribution in [2.24, 2.45) is 0 Å². The van der Waals surface area contributed by atoms with Gasteiger partial charge in [0.25, 0.3) is 0 Å². The highest BCUT2D eigenvalue weighted by atomic mass is 16.4. The largest absolute Gasteiger partial charge is 0.478 e. The summed E-state index contributed by atoms with van der Waals surface area (Å²) in [5.41, 5.74) is 2.23. The lowest BCUT2D eigenvalue weighted by Gasteiger charge is -2.04. The maximum Gasteiger partial charge on any atom is 0.335 e. The van der Waals surface area contributed by atoms with Gasteiger partial charge >= 0.3 is 5.97 Å². The molecule has 19 heavy (non-hydrogen) atoms. The standard InChI is InChI=1S/C16H15NO2/c18-16(19)14-9-4-10-15(12-14)17-11-5-8-13-6-2-1-3-7-13/h1-10,12,17H,11H2,(H,18,19). The fraction of sp³-hybridized carbons (Fsp3) is 0.0625. The Morgan fingerprint density at radius 2 is 1.89 bits per heavy atom. The molecule has 2 aromatic carbocycles. The molecule has 0 saturated heterocycles. The minimum absolute atomic E-state index is 0.289. The first-order chi connectivity index (χ1) is 9.25. The molecule has 0 radical (unpaired) electrons. The zero-order chi connectivity index (χ0) is 13.5. The van der Waals surface area contributed by atoms with E-state index in [0.717, 1.165) is 11.3 Å². The second kappa shape index (κ2) is 6.40. The molecule has 0 saturated carbocycles. The van der Waals surface area contributed by atoms with Gasteiger partial charge in [0.05, 0.1) is 5.56 Å². The van der Waals surface area contributed by atoms with E-state index in [0.29, 0.717) is 6.54 Å². The van der Waals surface area contributed by atoms with E-state index in [1.54, 1.807) is 18.2 Å². The predicted molar refractivity (Wildman–Crippen MR) is 77.4 cm³/mol. The van der Waals surface area contributed by atoms with E-state index in [9.17, 15) is 4.79 Å². The van der Waals surface area contributed by atoms with Gasteiger partial charge in [0, 0.05) is 12.2 Å². The summed E-state index contributed by atoms with van der Waals surface area (Å²) in [6.07, 6.45) is 4.02. The Bertz CT molecular complexity index is 576. The van der Waals surface area contributed by atoms with Crippen molar-refractivity contribution in [3.63, 3.8) is 0 Å². The van der Waals surface area contributed by atoms with Gasteiger partial charge in [-0.25, -0.2) is 4.79 Å². The molecule has 0 unspecified atom stereocenters. The minimum Gasteiger partial charge on any atom is -0.478 e. The van der Waals surface area contributed by atoms with Gasteiger partial charge in [-0.3, -0.25) is 0 Å². The number of rotatable bonds is 5. The van der Waals surface area contributed by atoms with Crippen LogP contribution in [0.3, 0.4) is 0 Å². The zero-order valence-corrected chi connectivity index (χ0v) is 10.4. The van der Waals surface area contributed by atoms with E-state index in [-0.39, 0.29) is 5.56 Å². The molecule has 96 valence electrons. The summed E-state index contributed by atoms with van der Waals surface area (Å²) in [5.74, 6) is -0.913. The van der Waals surface area contributed by atoms with Gasteiger partial charge in [-0.15, -0.1) is 0 Å². The smallest absolute Gasteiger partial charge is 0.335 e. The number of anilines is 1. The Balaban J connectivity index is 1.91. The van der Waals surface area contributed by atoms with Crippen LogP contribution >= 0.6 is 0 Å². The Hall–Kier alpha value is -2.55. The summed E-state index contributed by atoms with van der Waals surface area (Å²) in [7, 11) is 0. The van der Waals surface area contributed by atoms with Gasteiger partial charge in [-0.05, 0) is 23.8 Å². The second-order valence-electron chi connectivity index (χ2n) is 4.08. The van der Waals surface area contributed by atoms with Gasteiger partial charge < -0.3 is 10.4 Å². The summed E-state index contributed by atoms with van der Waals surface area (Å²) < 4.78 is 0. The summed E-state index contributed by atoms with van der Waals surface area (Å²) in [6, 6.07) is 16.8. The molecule has 2 N–H and O–H groups in total. The van der Waals surface area contributed by atoms with E-state index < -0.39 is 5.97 Å². The number of hydrogen-bond acceptors (Lipinski definition) is 2. The third kappa shape index (κ3) is 4.00. The van der Waals surface area contributed by atoms with Crippen LogP contribution in [0.2, 0.25) is 0 Å². The molecule has 0 fully saturated rings. The highest BCUT2D eigenvalue weighted by Gasteiger charge is 2.01. The Morgan fingerprint density at radius 3 is 2.63 bits per heavy atom. The van der Waals surface area contributed by atoms with Crippen molar-refractivity contribution in [1.82, 2.24) is 0 Å². The van der Waals surface area contributed by atoms with Crippen molar-refractivity contribution < 1.29 is 9.90 Å². The lowest BCUT2D eigenvalue weighted by Crippen LogP contribution is -2.01. The topological polar surface area (TPSA) is 49.3 Å². The average Bonchev–Trinajstić information content (AvgIpc) is 2.45. The van der Waals surface area contributed by atoms with E-state index >= 15 is 0 Å². The molecule has 0 atom stereocenters. The lowest BCUT2D eigenvalue weighted by atomic mass is 10.2. The fourth-order valence-electron chi connectivity index (χ4n) is 1.70. The number of carboxylic acids is 1. The summed E-state index contributed by atoms with van der Waals surface area (Å²) in [6.45, 7) is 0.651. The highest BCUT2D eigenvalue weighted by molar-refractivity contribution is 5.88. The van der Waals surface area contributed by atoms with Gasteiger partial charge in [-0.2, -0.15) is 0 Å². The van der Waals surface area contributed by atoms with Crippen LogP contribution in [0.4, 0.5) is 5.69 Å². The minimum atomic E-state index is -0.913. The first-order valence-corrected chi connectivity index (χ1v) is 6.04. The normalized spacial score (nSPS) is 10.5. The summed E-state index contributed by atoms with van der Waals surface area (Å²) in [5, 5.41) is 12.0. The fourth-order valence-corrected chi connectivity index (χ4v) is 1.70. The molecular formula is C16H15NO2. The van der Waals surface area contributed by atoms with Crippen LogP contribution in [0.15, 0.2) is 60.7 Å². The maximum atomic E-state index is 10.8. The van der Waals surface area contributed by atoms with Crippen LogP contribution in [0, 0.1) is 0 Å². The number of nitrogens with one attached hydrogen (secondary N) is 1. The molecule has 0 amide bonds. The van der Waals surface area contributed by atoms with Crippen LogP contribution in [-0.2, 0) is 0 Å². The van der Waals surface area contributed by atoms with E-state index in [2.05, 4.69) is 5.32 Å². The van der Waals surface area contributed by atoms with Crippen molar-refractivity contribution in [1.29, 1.82) is 0 Å². The van der Waals surface area contributed by atoms with Gasteiger partial charge in [0.2, 0.25) is 0 Å². The summed E-state index contributed by atoms with van der Waals surface area (Å²) in [4.78, 5) is 10.8. The van der Waals surface area contributed by atoms with Crippen LogP contribution in [0.1, 0.15) is 15.9 Å². The van der Waals surface area contributed by atoms with Gasteiger partial charge in [0.1, 0.15) is 0 Å². The monoisotopic (exact) mass is 253 g/mol. The Kier molecular flexibility index (Phi) is 4.34. The van der Waals surface area contributed by atoms with Crippen LogP contribution in [-0.4, -0.2) is 17.6 Å². The van der Waals surface area contributed by atoms with Crippen molar-refractivity contribution in [2.75, 3.05) is 11.9 Å². The molecule has 3 heteroatoms. The van der Waals surface area contributed by atoms with Crippen LogP contribution in [0.5, 0.6) is 0 Å². The number of aromatic carboxylic acids is 1. The first kappa shape index (κ1) is 12.9. The van der Waals surface area contributed by atoms with Crippen LogP contribution in [0.25, 0.3) is 6.08 Å². The molecule has 0 aliphatic heterocycles. The lowest BCUT2D eigenvalue weighted by molar-refractivity contribution is 0.0697. The summed E-state index contributed by atoms with van der Waals surface area (Å²) >= 11 is 0. The first-order valence-electron chi connectivity index (χ1n) is 6.04. The number of hydrogen-bond donors (Lipinski definition) is 2. The van der Waals surface area contributed by atoms with E-state index in [1.807, 2.05) is 48.6 Å². The van der Waals surface area contributed by atoms with Crippen molar-refractivity contribution in [3.8, 4) is 0 Å². The Labute approximate surface area is 112 Å². The SMILES string of the molecule is O=C(O)c1cccc(NCC=Cc2ccccc2)c1. The quantitative estimate of drug-likeness (QED) is 0.857. The average molecular weight is 253 g/mol. The molecule has 2 rings (SSSR count). The molecular weight excluding hydrogens is 238 g/mol. The predicted octanol–water partition coefficient (Wildman–Crippen LogP) is 3.51. The highest BCUT2D eigenvalue weighted by Crippen LogP contribution is 2.10. The molecule has 2 aromatic rings. The van der Waals surface area contributed by atoms with Crippen LogP contribution < -0.4 is 5.32 Å². The van der Waals surface area contributed by atoms with E-state index in [1.165, 1.54) is 0 Å².